The topological polar surface area (TPSA) is 7.65 Å². The van der Waals surface area contributed by atoms with E-state index in [4.69, 9.17) is 0 Å². The molecule has 0 fully saturated rings. The predicted molar refractivity (Wildman–Crippen MR) is 262 cm³/mol. The number of thiophene rings is 1. The van der Waals surface area contributed by atoms with Crippen LogP contribution in [0.15, 0.2) is 231 Å². The number of hydrogen-bond acceptors (Lipinski definition) is 2. The van der Waals surface area contributed by atoms with Gasteiger partial charge in [0.1, 0.15) is 0 Å². The molecule has 61 heavy (non-hydrogen) atoms. The van der Waals surface area contributed by atoms with E-state index in [1.54, 1.807) is 0 Å². The van der Waals surface area contributed by atoms with Crippen LogP contribution in [0.4, 0.5) is 17.1 Å². The maximum Gasteiger partial charge on any atom is 0.0640 e. The number of para-hydroxylation sites is 1. The number of hydrogen-bond donors (Lipinski definition) is 0. The average Bonchev–Trinajstić information content (AvgIpc) is 3.90. The largest absolute Gasteiger partial charge is 0.309 e. The molecule has 0 saturated carbocycles. The van der Waals surface area contributed by atoms with Gasteiger partial charge in [0.25, 0.3) is 0 Å². The van der Waals surface area contributed by atoms with Crippen LogP contribution in [0.2, 0.25) is 0 Å². The smallest absolute Gasteiger partial charge is 0.0640 e. The number of benzene rings is 9. The first-order valence-electron chi connectivity index (χ1n) is 20.8. The highest BCUT2D eigenvalue weighted by Gasteiger charge is 2.21. The second-order valence-corrected chi connectivity index (χ2v) is 16.7. The molecule has 0 aliphatic carbocycles. The minimum Gasteiger partial charge on any atom is -0.309 e. The van der Waals surface area contributed by atoms with E-state index in [0.29, 0.717) is 0 Å². The van der Waals surface area contributed by atoms with Gasteiger partial charge in [-0.15, -0.1) is 11.3 Å². The Bertz CT molecular complexity index is 3550. The molecular formula is C58H38N2S. The minimum atomic E-state index is 1.10. The molecule has 0 aliphatic rings. The van der Waals surface area contributed by atoms with Crippen LogP contribution in [0.25, 0.3) is 92.0 Å². The van der Waals surface area contributed by atoms with Crippen LogP contribution in [0.5, 0.6) is 0 Å². The van der Waals surface area contributed by atoms with Gasteiger partial charge in [-0.25, -0.2) is 0 Å². The molecule has 3 heterocycles. The monoisotopic (exact) mass is 794 g/mol. The molecule has 0 bridgehead atoms. The number of anilines is 3. The Balaban J connectivity index is 1.01. The van der Waals surface area contributed by atoms with Gasteiger partial charge in [0.15, 0.2) is 0 Å². The van der Waals surface area contributed by atoms with E-state index in [1.807, 2.05) is 11.3 Å². The zero-order chi connectivity index (χ0) is 40.3. The molecule has 9 aromatic carbocycles. The molecule has 0 amide bonds. The summed E-state index contributed by atoms with van der Waals surface area (Å²) in [4.78, 5) is 2.43. The molecule has 0 radical (unpaired) electrons. The summed E-state index contributed by atoms with van der Waals surface area (Å²) in [7, 11) is 0. The Morgan fingerprint density at radius 3 is 1.56 bits per heavy atom. The number of pyridine rings is 1. The molecule has 12 rings (SSSR count). The van der Waals surface area contributed by atoms with Gasteiger partial charge in [-0.05, 0) is 87.3 Å². The first kappa shape index (κ1) is 35.2. The second kappa shape index (κ2) is 14.5. The molecule has 0 atom stereocenters. The van der Waals surface area contributed by atoms with Crippen LogP contribution < -0.4 is 4.90 Å². The molecule has 3 aromatic heterocycles. The maximum absolute atomic E-state index is 2.48. The van der Waals surface area contributed by atoms with Gasteiger partial charge in [-0.2, -0.15) is 0 Å². The average molecular weight is 795 g/mol. The van der Waals surface area contributed by atoms with Gasteiger partial charge in [0, 0.05) is 43.2 Å². The molecule has 2 nitrogen and oxygen atoms in total. The van der Waals surface area contributed by atoms with Crippen LogP contribution >= 0.6 is 11.3 Å². The summed E-state index contributed by atoms with van der Waals surface area (Å²) in [6, 6.07) is 84.1. The molecular weight excluding hydrogens is 757 g/mol. The summed E-state index contributed by atoms with van der Waals surface area (Å²) >= 11 is 1.86. The van der Waals surface area contributed by atoms with Crippen LogP contribution in [-0.2, 0) is 0 Å². The maximum atomic E-state index is 2.48. The number of aromatic nitrogens is 1. The Hall–Kier alpha value is -7.72. The van der Waals surface area contributed by atoms with Crippen molar-refractivity contribution in [2.24, 2.45) is 0 Å². The second-order valence-electron chi connectivity index (χ2n) is 15.7. The van der Waals surface area contributed by atoms with E-state index in [1.165, 1.54) is 92.1 Å². The van der Waals surface area contributed by atoms with Gasteiger partial charge in [0.05, 0.1) is 27.1 Å². The van der Waals surface area contributed by atoms with Crippen molar-refractivity contribution in [1.29, 1.82) is 0 Å². The third kappa shape index (κ3) is 5.93. The van der Waals surface area contributed by atoms with E-state index in [9.17, 15) is 0 Å². The van der Waals surface area contributed by atoms with Crippen molar-refractivity contribution in [2.75, 3.05) is 4.90 Å². The molecule has 0 unspecified atom stereocenters. The SMILES string of the molecule is c1ccc(-c2ccc(-c3ccc(N(c4ccc(-c5cc6ccccc6c6c(-c7ccccc7)c7ccccc7n56)cc4)c4cccc5c4sc4ccccc45)cc3)cc2)cc1. The molecule has 0 aliphatic heterocycles. The molecule has 0 spiro atoms. The van der Waals surface area contributed by atoms with E-state index in [-0.39, 0.29) is 0 Å². The van der Waals surface area contributed by atoms with E-state index >= 15 is 0 Å². The third-order valence-electron chi connectivity index (χ3n) is 12.2. The van der Waals surface area contributed by atoms with Crippen molar-refractivity contribution in [2.45, 2.75) is 0 Å². The van der Waals surface area contributed by atoms with Crippen molar-refractivity contribution < 1.29 is 0 Å². The van der Waals surface area contributed by atoms with Crippen LogP contribution in [0.1, 0.15) is 0 Å². The standard InChI is InChI=1S/C58H38N2S/c1-3-14-39(15-4-1)40-26-28-41(29-27-40)42-30-34-46(35-31-42)59(53-24-13-22-50-49-20-10-12-25-55(49)61-58(50)53)47-36-32-43(33-37-47)54-38-45-18-7-8-19-48(45)57-56(44-16-5-2-6-17-44)51-21-9-11-23-52(51)60(54)57/h1-38H. The fourth-order valence-electron chi connectivity index (χ4n) is 9.31. The van der Waals surface area contributed by atoms with Gasteiger partial charge in [-0.3, -0.25) is 0 Å². The lowest BCUT2D eigenvalue weighted by Gasteiger charge is -2.26. The van der Waals surface area contributed by atoms with Gasteiger partial charge in [0.2, 0.25) is 0 Å². The molecule has 0 saturated heterocycles. The Kier molecular flexibility index (Phi) is 8.39. The first-order valence-corrected chi connectivity index (χ1v) is 21.7. The number of nitrogens with zero attached hydrogens (tertiary/aromatic N) is 2. The lowest BCUT2D eigenvalue weighted by molar-refractivity contribution is 1.26. The highest BCUT2D eigenvalue weighted by atomic mass is 32.1. The lowest BCUT2D eigenvalue weighted by Crippen LogP contribution is -2.10. The van der Waals surface area contributed by atoms with E-state index < -0.39 is 0 Å². The quantitative estimate of drug-likeness (QED) is 0.156. The summed E-state index contributed by atoms with van der Waals surface area (Å²) in [5.74, 6) is 0. The van der Waals surface area contributed by atoms with Crippen LogP contribution in [-0.4, -0.2) is 4.40 Å². The van der Waals surface area contributed by atoms with E-state index in [2.05, 4.69) is 240 Å². The van der Waals surface area contributed by atoms with Crippen molar-refractivity contribution in [3.63, 3.8) is 0 Å². The normalized spacial score (nSPS) is 11.6. The van der Waals surface area contributed by atoms with Crippen molar-refractivity contribution >= 4 is 75.8 Å². The summed E-state index contributed by atoms with van der Waals surface area (Å²) in [5.41, 5.74) is 15.5. The molecule has 0 N–H and O–H groups in total. The Morgan fingerprint density at radius 2 is 0.869 bits per heavy atom. The third-order valence-corrected chi connectivity index (χ3v) is 13.4. The van der Waals surface area contributed by atoms with Gasteiger partial charge >= 0.3 is 0 Å². The lowest BCUT2D eigenvalue weighted by atomic mass is 9.99. The van der Waals surface area contributed by atoms with Crippen LogP contribution in [0, 0.1) is 0 Å². The zero-order valence-electron chi connectivity index (χ0n) is 33.2. The summed E-state index contributed by atoms with van der Waals surface area (Å²) < 4.78 is 5.05. The summed E-state index contributed by atoms with van der Waals surface area (Å²) in [6.07, 6.45) is 0. The number of rotatable bonds is 7. The number of fused-ring (bicyclic) bond motifs is 8. The van der Waals surface area contributed by atoms with E-state index in [0.717, 1.165) is 16.9 Å². The summed E-state index contributed by atoms with van der Waals surface area (Å²) in [5, 5.41) is 6.30. The molecule has 286 valence electrons. The highest BCUT2D eigenvalue weighted by molar-refractivity contribution is 7.26. The molecule has 3 heteroatoms. The van der Waals surface area contributed by atoms with Crippen LogP contribution in [0.3, 0.4) is 0 Å². The van der Waals surface area contributed by atoms with Gasteiger partial charge < -0.3 is 9.30 Å². The first-order chi connectivity index (χ1) is 30.3. The summed E-state index contributed by atoms with van der Waals surface area (Å²) in [6.45, 7) is 0. The fourth-order valence-corrected chi connectivity index (χ4v) is 10.5. The van der Waals surface area contributed by atoms with Crippen molar-refractivity contribution in [3.8, 4) is 44.6 Å². The Morgan fingerprint density at radius 1 is 0.361 bits per heavy atom. The molecule has 12 aromatic rings. The fraction of sp³-hybridized carbons (Fsp3) is 0. The Labute approximate surface area is 358 Å². The minimum absolute atomic E-state index is 1.10. The predicted octanol–water partition coefficient (Wildman–Crippen LogP) is 16.8. The zero-order valence-corrected chi connectivity index (χ0v) is 34.1. The highest BCUT2D eigenvalue weighted by Crippen LogP contribution is 2.46. The van der Waals surface area contributed by atoms with Gasteiger partial charge in [-0.1, -0.05) is 182 Å². The van der Waals surface area contributed by atoms with Crippen molar-refractivity contribution in [3.05, 3.63) is 231 Å². The van der Waals surface area contributed by atoms with Crippen molar-refractivity contribution in [1.82, 2.24) is 4.40 Å².